The highest BCUT2D eigenvalue weighted by molar-refractivity contribution is 6.31. The molecule has 1 aromatic heterocycles. The first-order chi connectivity index (χ1) is 7.44. The van der Waals surface area contributed by atoms with Crippen molar-refractivity contribution in [3.8, 4) is 0 Å². The summed E-state index contributed by atoms with van der Waals surface area (Å²) in [7, 11) is 1.85. The van der Waals surface area contributed by atoms with Crippen molar-refractivity contribution in [2.75, 3.05) is 6.61 Å². The highest BCUT2D eigenvalue weighted by Gasteiger charge is 2.40. The smallest absolute Gasteiger partial charge is 0.0982 e. The monoisotopic (exact) mass is 244 g/mol. The van der Waals surface area contributed by atoms with Gasteiger partial charge in [0.1, 0.15) is 0 Å². The second-order valence-electron chi connectivity index (χ2n) is 4.51. The van der Waals surface area contributed by atoms with Gasteiger partial charge in [0.05, 0.1) is 28.1 Å². The first-order valence-electron chi connectivity index (χ1n) is 5.46. The third-order valence-electron chi connectivity index (χ3n) is 3.39. The average molecular weight is 245 g/mol. The molecule has 1 aliphatic rings. The number of hydrogen-bond acceptors (Lipinski definition) is 3. The van der Waals surface area contributed by atoms with E-state index in [9.17, 15) is 5.11 Å². The molecule has 0 amide bonds. The van der Waals surface area contributed by atoms with E-state index in [1.807, 2.05) is 20.9 Å². The maximum atomic E-state index is 10.4. The van der Waals surface area contributed by atoms with Gasteiger partial charge in [0.25, 0.3) is 0 Å². The Labute approximate surface area is 100 Å². The zero-order chi connectivity index (χ0) is 11.9. The molecule has 4 nitrogen and oxygen atoms in total. The van der Waals surface area contributed by atoms with Crippen LogP contribution in [-0.2, 0) is 18.2 Å². The summed E-state index contributed by atoms with van der Waals surface area (Å²) in [6.45, 7) is 4.36. The Bertz CT molecular complexity index is 405. The van der Waals surface area contributed by atoms with E-state index >= 15 is 0 Å². The van der Waals surface area contributed by atoms with Crippen molar-refractivity contribution in [3.05, 3.63) is 16.4 Å². The van der Waals surface area contributed by atoms with Crippen molar-refractivity contribution in [3.63, 3.8) is 0 Å². The van der Waals surface area contributed by atoms with E-state index in [0.717, 1.165) is 11.4 Å². The highest BCUT2D eigenvalue weighted by atomic mass is 35.5. The Balaban J connectivity index is 2.26. The molecule has 5 heteroatoms. The zero-order valence-corrected chi connectivity index (χ0v) is 10.6. The summed E-state index contributed by atoms with van der Waals surface area (Å²) in [6, 6.07) is 0. The first kappa shape index (κ1) is 11.9. The predicted molar refractivity (Wildman–Crippen MR) is 61.6 cm³/mol. The SMILES string of the molecule is Cc1nn(C)c(CC2(O)CCOC2C)c1Cl. The zero-order valence-electron chi connectivity index (χ0n) is 9.83. The summed E-state index contributed by atoms with van der Waals surface area (Å²) < 4.78 is 7.14. The number of halogens is 1. The van der Waals surface area contributed by atoms with E-state index in [4.69, 9.17) is 16.3 Å². The molecule has 16 heavy (non-hydrogen) atoms. The van der Waals surface area contributed by atoms with Crippen LogP contribution in [-0.4, -0.2) is 33.2 Å². The summed E-state index contributed by atoms with van der Waals surface area (Å²) in [4.78, 5) is 0. The maximum Gasteiger partial charge on any atom is 0.0982 e. The lowest BCUT2D eigenvalue weighted by Crippen LogP contribution is -2.39. The molecular formula is C11H17ClN2O2. The van der Waals surface area contributed by atoms with Gasteiger partial charge in [-0.3, -0.25) is 4.68 Å². The number of aliphatic hydroxyl groups is 1. The lowest BCUT2D eigenvalue weighted by molar-refractivity contribution is -0.0279. The van der Waals surface area contributed by atoms with E-state index in [0.29, 0.717) is 24.5 Å². The van der Waals surface area contributed by atoms with Crippen molar-refractivity contribution in [1.82, 2.24) is 9.78 Å². The van der Waals surface area contributed by atoms with Crippen LogP contribution in [0.15, 0.2) is 0 Å². The molecular weight excluding hydrogens is 228 g/mol. The van der Waals surface area contributed by atoms with Gasteiger partial charge in [-0.2, -0.15) is 5.10 Å². The van der Waals surface area contributed by atoms with Crippen molar-refractivity contribution in [1.29, 1.82) is 0 Å². The third kappa shape index (κ3) is 1.85. The summed E-state index contributed by atoms with van der Waals surface area (Å²) in [5.41, 5.74) is 0.859. The van der Waals surface area contributed by atoms with Crippen LogP contribution in [0.25, 0.3) is 0 Å². The van der Waals surface area contributed by atoms with E-state index in [-0.39, 0.29) is 6.10 Å². The minimum absolute atomic E-state index is 0.154. The molecule has 1 saturated heterocycles. The van der Waals surface area contributed by atoms with Gasteiger partial charge < -0.3 is 9.84 Å². The van der Waals surface area contributed by atoms with E-state index < -0.39 is 5.60 Å². The van der Waals surface area contributed by atoms with Crippen molar-refractivity contribution in [2.45, 2.75) is 38.4 Å². The molecule has 0 aromatic carbocycles. The summed E-state index contributed by atoms with van der Waals surface area (Å²) in [5, 5.41) is 15.3. The number of nitrogens with zero attached hydrogens (tertiary/aromatic N) is 2. The second kappa shape index (κ2) is 4.02. The van der Waals surface area contributed by atoms with E-state index in [1.165, 1.54) is 0 Å². The van der Waals surface area contributed by atoms with Gasteiger partial charge in [0, 0.05) is 26.5 Å². The Morgan fingerprint density at radius 1 is 1.69 bits per heavy atom. The van der Waals surface area contributed by atoms with Crippen LogP contribution in [0.2, 0.25) is 5.02 Å². The molecule has 2 heterocycles. The van der Waals surface area contributed by atoms with Crippen LogP contribution in [0.1, 0.15) is 24.7 Å². The molecule has 2 unspecified atom stereocenters. The van der Waals surface area contributed by atoms with Gasteiger partial charge in [-0.15, -0.1) is 0 Å². The Morgan fingerprint density at radius 2 is 2.38 bits per heavy atom. The molecule has 0 saturated carbocycles. The number of hydrogen-bond donors (Lipinski definition) is 1. The molecule has 0 bridgehead atoms. The van der Waals surface area contributed by atoms with Gasteiger partial charge in [-0.1, -0.05) is 11.6 Å². The molecule has 90 valence electrons. The van der Waals surface area contributed by atoms with Crippen molar-refractivity contribution < 1.29 is 9.84 Å². The van der Waals surface area contributed by atoms with Gasteiger partial charge in [0.15, 0.2) is 0 Å². The van der Waals surface area contributed by atoms with Gasteiger partial charge in [-0.25, -0.2) is 0 Å². The normalized spacial score (nSPS) is 29.9. The van der Waals surface area contributed by atoms with Gasteiger partial charge in [0.2, 0.25) is 0 Å². The van der Waals surface area contributed by atoms with Gasteiger partial charge in [-0.05, 0) is 13.8 Å². The van der Waals surface area contributed by atoms with Crippen molar-refractivity contribution in [2.24, 2.45) is 7.05 Å². The fourth-order valence-electron chi connectivity index (χ4n) is 2.17. The maximum absolute atomic E-state index is 10.4. The summed E-state index contributed by atoms with van der Waals surface area (Å²) in [6.07, 6.45) is 0.984. The Hall–Kier alpha value is -0.580. The topological polar surface area (TPSA) is 47.3 Å². The predicted octanol–water partition coefficient (Wildman–Crippen LogP) is 1.46. The Kier molecular flexibility index (Phi) is 2.99. The van der Waals surface area contributed by atoms with E-state index in [2.05, 4.69) is 5.10 Å². The second-order valence-corrected chi connectivity index (χ2v) is 4.89. The lowest BCUT2D eigenvalue weighted by atomic mass is 9.91. The number of rotatable bonds is 2. The third-order valence-corrected chi connectivity index (χ3v) is 3.89. The molecule has 1 aromatic rings. The van der Waals surface area contributed by atoms with Crippen LogP contribution in [0.4, 0.5) is 0 Å². The average Bonchev–Trinajstić information content (AvgIpc) is 2.64. The minimum Gasteiger partial charge on any atom is -0.387 e. The number of aryl methyl sites for hydroxylation is 2. The van der Waals surface area contributed by atoms with Crippen LogP contribution in [0, 0.1) is 6.92 Å². The standard InChI is InChI=1S/C11H17ClN2O2/c1-7-10(12)9(14(3)13-7)6-11(15)4-5-16-8(11)2/h8,15H,4-6H2,1-3H3. The quantitative estimate of drug-likeness (QED) is 0.857. The summed E-state index contributed by atoms with van der Waals surface area (Å²) >= 11 is 6.17. The van der Waals surface area contributed by atoms with Crippen LogP contribution < -0.4 is 0 Å². The highest BCUT2D eigenvalue weighted by Crippen LogP contribution is 2.32. The molecule has 2 rings (SSSR count). The Morgan fingerprint density at radius 3 is 2.81 bits per heavy atom. The first-order valence-corrected chi connectivity index (χ1v) is 5.84. The molecule has 0 radical (unpaired) electrons. The van der Waals surface area contributed by atoms with E-state index in [1.54, 1.807) is 4.68 Å². The molecule has 0 spiro atoms. The lowest BCUT2D eigenvalue weighted by Gasteiger charge is -2.26. The molecule has 0 aliphatic carbocycles. The molecule has 2 atom stereocenters. The molecule has 1 aliphatic heterocycles. The fourth-order valence-corrected chi connectivity index (χ4v) is 2.39. The van der Waals surface area contributed by atoms with Crippen molar-refractivity contribution >= 4 is 11.6 Å². The van der Waals surface area contributed by atoms with Crippen LogP contribution in [0.3, 0.4) is 0 Å². The minimum atomic E-state index is -0.816. The largest absolute Gasteiger partial charge is 0.387 e. The van der Waals surface area contributed by atoms with Gasteiger partial charge >= 0.3 is 0 Å². The molecule has 1 N–H and O–H groups in total. The number of ether oxygens (including phenoxy) is 1. The molecule has 1 fully saturated rings. The number of aromatic nitrogens is 2. The summed E-state index contributed by atoms with van der Waals surface area (Å²) in [5.74, 6) is 0. The van der Waals surface area contributed by atoms with Crippen LogP contribution >= 0.6 is 11.6 Å². The van der Waals surface area contributed by atoms with Crippen LogP contribution in [0.5, 0.6) is 0 Å². The fraction of sp³-hybridized carbons (Fsp3) is 0.727.